The number of carbonyl (C=O) groups excluding carboxylic acids is 3. The van der Waals surface area contributed by atoms with E-state index in [2.05, 4.69) is 36.6 Å². The van der Waals surface area contributed by atoms with E-state index in [0.717, 1.165) is 36.8 Å². The lowest BCUT2D eigenvalue weighted by molar-refractivity contribution is -0.157. The minimum Gasteiger partial charge on any atom is -0.481 e. The molecule has 6 rings (SSSR count). The number of hydrogen-bond acceptors (Lipinski definition) is 13. The molecule has 6 heterocycles. The first-order valence-electron chi connectivity index (χ1n) is 25.7. The molecule has 5 N–H and O–H groups in total. The average Bonchev–Trinajstić information content (AvgIpc) is 4.25. The zero-order chi connectivity index (χ0) is 52.2. The number of aliphatic hydroxyl groups is 2. The number of allylic oxidation sites excluding steroid dienone is 6. The van der Waals surface area contributed by atoms with E-state index in [1.54, 1.807) is 18.2 Å². The first-order valence-corrected chi connectivity index (χ1v) is 25.7. The van der Waals surface area contributed by atoms with Crippen molar-refractivity contribution in [2.24, 2.45) is 23.7 Å². The van der Waals surface area contributed by atoms with Crippen molar-refractivity contribution >= 4 is 23.8 Å². The number of aliphatic carboxylic acids is 1. The number of ether oxygens (including phenoxy) is 7. The van der Waals surface area contributed by atoms with Gasteiger partial charge in [-0.2, -0.15) is 0 Å². The molecule has 0 radical (unpaired) electrons. The Balaban J connectivity index is 0.000000264. The van der Waals surface area contributed by atoms with Crippen LogP contribution >= 0.6 is 0 Å². The number of carboxylic acid groups (broad SMARTS) is 1. The Morgan fingerprint density at radius 2 is 1.04 bits per heavy atom. The topological polar surface area (TPSA) is 224 Å². The molecule has 2 amide bonds. The molecule has 16 nitrogen and oxygen atoms in total. The summed E-state index contributed by atoms with van der Waals surface area (Å²) in [5.74, 6) is -0.178. The molecule has 0 saturated carbocycles. The van der Waals surface area contributed by atoms with Gasteiger partial charge in [-0.1, -0.05) is 101 Å². The summed E-state index contributed by atoms with van der Waals surface area (Å²) in [4.78, 5) is 47.2. The fraction of sp³-hybridized carbons (Fsp3) is 0.709. The molecule has 16 heteroatoms. The maximum absolute atomic E-state index is 12.2. The summed E-state index contributed by atoms with van der Waals surface area (Å²) in [7, 11) is 1.36. The highest BCUT2D eigenvalue weighted by Crippen LogP contribution is 2.45. The van der Waals surface area contributed by atoms with Crippen molar-refractivity contribution in [1.82, 2.24) is 10.6 Å². The molecule has 0 aliphatic carbocycles. The van der Waals surface area contributed by atoms with Crippen LogP contribution in [-0.4, -0.2) is 144 Å². The molecule has 0 aromatic rings. The number of carbonyl (C=O) groups is 4. The van der Waals surface area contributed by atoms with Gasteiger partial charge >= 0.3 is 11.9 Å². The van der Waals surface area contributed by atoms with Crippen LogP contribution in [0.1, 0.15) is 121 Å². The number of carboxylic acids is 1. The van der Waals surface area contributed by atoms with Crippen LogP contribution in [0.15, 0.2) is 71.9 Å². The van der Waals surface area contributed by atoms with Crippen LogP contribution in [0.5, 0.6) is 0 Å². The SMILES string of the molecule is CC(/C=C/[C@H]1O[C@H](CC(=O)O)C[C@@]2(CO2)[C@@H]1O)=C\C[C@@H]1O[C@H](C)[C@H](NC(=O)/C=C\C(C)C)C[C@@H]1C.COC(=O)C[C@@H]1C[C@@]2(CO2)[C@H](O)[C@@H](/C=C/C(C)=C/C[C@@H]2O[C@H](C)[C@H](NC(=O)/C=C\C(C)C)C[C@@H]2C)O1. The maximum Gasteiger partial charge on any atom is 0.308 e. The van der Waals surface area contributed by atoms with Crippen LogP contribution < -0.4 is 10.6 Å². The number of methoxy groups -OCH3 is 1. The second kappa shape index (κ2) is 26.3. The van der Waals surface area contributed by atoms with Crippen molar-refractivity contribution in [3.8, 4) is 0 Å². The summed E-state index contributed by atoms with van der Waals surface area (Å²) in [5.41, 5.74) is 0.735. The third kappa shape index (κ3) is 17.6. The van der Waals surface area contributed by atoms with E-state index >= 15 is 0 Å². The van der Waals surface area contributed by atoms with Crippen molar-refractivity contribution in [2.45, 2.75) is 205 Å². The molecule has 6 saturated heterocycles. The highest BCUT2D eigenvalue weighted by molar-refractivity contribution is 5.88. The zero-order valence-corrected chi connectivity index (χ0v) is 43.9. The third-order valence-corrected chi connectivity index (χ3v) is 14.4. The fourth-order valence-corrected chi connectivity index (χ4v) is 9.75. The molecule has 6 aliphatic heterocycles. The summed E-state index contributed by atoms with van der Waals surface area (Å²) in [5, 5.41) is 36.6. The van der Waals surface area contributed by atoms with Crippen molar-refractivity contribution in [1.29, 1.82) is 0 Å². The lowest BCUT2D eigenvalue weighted by atomic mass is 9.87. The molecule has 16 atom stereocenters. The Kier molecular flexibility index (Phi) is 21.4. The molecule has 0 aromatic carbocycles. The predicted octanol–water partition coefficient (Wildman–Crippen LogP) is 6.39. The summed E-state index contributed by atoms with van der Waals surface area (Å²) in [6.45, 7) is 21.3. The monoisotopic (exact) mass is 997 g/mol. The number of hydrogen-bond donors (Lipinski definition) is 5. The van der Waals surface area contributed by atoms with Crippen molar-refractivity contribution in [2.75, 3.05) is 20.3 Å². The second-order valence-electron chi connectivity index (χ2n) is 21.5. The Bertz CT molecular complexity index is 1980. The van der Waals surface area contributed by atoms with Crippen LogP contribution in [-0.2, 0) is 52.3 Å². The van der Waals surface area contributed by atoms with Crippen LogP contribution in [0.2, 0.25) is 0 Å². The second-order valence-corrected chi connectivity index (χ2v) is 21.5. The van der Waals surface area contributed by atoms with E-state index in [1.807, 2.05) is 85.8 Å². The van der Waals surface area contributed by atoms with E-state index in [4.69, 9.17) is 38.3 Å². The molecule has 0 unspecified atom stereocenters. The van der Waals surface area contributed by atoms with Gasteiger partial charge in [0.1, 0.15) is 35.6 Å². The van der Waals surface area contributed by atoms with Crippen LogP contribution in [0, 0.1) is 23.7 Å². The molecule has 0 bridgehead atoms. The number of esters is 1. The Morgan fingerprint density at radius 1 is 0.648 bits per heavy atom. The van der Waals surface area contributed by atoms with Crippen LogP contribution in [0.25, 0.3) is 0 Å². The van der Waals surface area contributed by atoms with Gasteiger partial charge in [0, 0.05) is 12.8 Å². The number of rotatable bonds is 18. The Labute approximate surface area is 421 Å². The highest BCUT2D eigenvalue weighted by atomic mass is 16.6. The van der Waals surface area contributed by atoms with E-state index in [1.165, 1.54) is 7.11 Å². The molecule has 6 aliphatic rings. The molecule has 6 fully saturated rings. The van der Waals surface area contributed by atoms with Crippen molar-refractivity contribution in [3.05, 3.63) is 71.9 Å². The molecular formula is C55H84N2O14. The Hall–Kier alpha value is -4.00. The smallest absolute Gasteiger partial charge is 0.308 e. The van der Waals surface area contributed by atoms with E-state index in [-0.39, 0.29) is 79.1 Å². The van der Waals surface area contributed by atoms with Gasteiger partial charge in [-0.15, -0.1) is 0 Å². The third-order valence-electron chi connectivity index (χ3n) is 14.4. The number of amides is 2. The van der Waals surface area contributed by atoms with Gasteiger partial charge < -0.3 is 59.1 Å². The zero-order valence-electron chi connectivity index (χ0n) is 43.9. The molecule has 71 heavy (non-hydrogen) atoms. The quantitative estimate of drug-likeness (QED) is 0.0435. The van der Waals surface area contributed by atoms with E-state index in [0.29, 0.717) is 43.8 Å². The van der Waals surface area contributed by atoms with Crippen LogP contribution in [0.3, 0.4) is 0 Å². The summed E-state index contributed by atoms with van der Waals surface area (Å²) in [6.07, 6.45) is 19.1. The van der Waals surface area contributed by atoms with Gasteiger partial charge in [0.15, 0.2) is 0 Å². The van der Waals surface area contributed by atoms with E-state index < -0.39 is 47.7 Å². The Morgan fingerprint density at radius 3 is 1.39 bits per heavy atom. The fourth-order valence-electron chi connectivity index (χ4n) is 9.75. The van der Waals surface area contributed by atoms with Gasteiger partial charge in [0.2, 0.25) is 11.8 Å². The summed E-state index contributed by atoms with van der Waals surface area (Å²) < 4.78 is 40.2. The summed E-state index contributed by atoms with van der Waals surface area (Å²) in [6, 6.07) is -0.0263. The first-order chi connectivity index (χ1) is 33.5. The predicted molar refractivity (Wildman–Crippen MR) is 268 cm³/mol. The van der Waals surface area contributed by atoms with Gasteiger partial charge in [-0.25, -0.2) is 0 Å². The number of epoxide rings is 2. The van der Waals surface area contributed by atoms with E-state index in [9.17, 15) is 29.4 Å². The van der Waals surface area contributed by atoms with Gasteiger partial charge in [-0.05, 0) is 89.2 Å². The first kappa shape index (κ1) is 57.9. The number of aliphatic hydroxyl groups excluding tert-OH is 2. The molecule has 398 valence electrons. The summed E-state index contributed by atoms with van der Waals surface area (Å²) >= 11 is 0. The highest BCUT2D eigenvalue weighted by Gasteiger charge is 2.59. The minimum atomic E-state index is -0.925. The number of nitrogens with one attached hydrogen (secondary N) is 2. The lowest BCUT2D eigenvalue weighted by Gasteiger charge is -2.39. The van der Waals surface area contributed by atoms with Gasteiger partial charge in [0.25, 0.3) is 0 Å². The molecule has 0 aromatic heterocycles. The standard InChI is InChI=1S/C28H43NO7.C27H41NO7/c1-17(2)7-12-25(30)29-22-13-19(4)23(35-20(22)5)10-8-18(3)9-11-24-27(32)28(16-34-28)15-21(36-24)14-26(31)33-6;1-16(2)6-11-24(29)28-21-12-18(4)22(34-19(21)5)9-7-17(3)8-10-23-26(32)27(15-33-27)14-20(35-23)13-25(30)31/h7-9,11-12,17,19-24,27,32H,10,13-16H2,1-6H3,(H,29,30);6-8,10-11,16,18-23,26,32H,9,12-15H2,1-5H3,(H,28,29)(H,30,31)/b11-9+,12-7-,18-8+;10-8+,11-6-,17-7+/t19-,20+,21+,22+,23-,24+,27+,28+;18-,19+,20+,21+,22-,23+,26+,27+/m00/s1. The maximum atomic E-state index is 12.2. The van der Waals surface area contributed by atoms with Crippen molar-refractivity contribution < 1.29 is 67.7 Å². The minimum absolute atomic E-state index is 0.00891. The van der Waals surface area contributed by atoms with Crippen LogP contribution in [0.4, 0.5) is 0 Å². The largest absolute Gasteiger partial charge is 0.481 e. The molecule has 2 spiro atoms. The van der Waals surface area contributed by atoms with Gasteiger partial charge in [-0.3, -0.25) is 19.2 Å². The van der Waals surface area contributed by atoms with Gasteiger partial charge in [0.05, 0.1) is 81.9 Å². The lowest BCUT2D eigenvalue weighted by Crippen LogP contribution is -2.50. The van der Waals surface area contributed by atoms with Crippen molar-refractivity contribution in [3.63, 3.8) is 0 Å². The molecular weight excluding hydrogens is 913 g/mol. The normalized spacial score (nSPS) is 37.5. The average molecular weight is 997 g/mol.